The second-order valence-electron chi connectivity index (χ2n) is 6.55. The minimum Gasteiger partial charge on any atom is -0.340 e. The van der Waals surface area contributed by atoms with Crippen LogP contribution in [0.5, 0.6) is 0 Å². The van der Waals surface area contributed by atoms with Gasteiger partial charge in [-0.2, -0.15) is 0 Å². The number of benzene rings is 1. The molecule has 4 nitrogen and oxygen atoms in total. The summed E-state index contributed by atoms with van der Waals surface area (Å²) < 4.78 is 0. The molecule has 1 heterocycles. The molecule has 0 saturated carbocycles. The molecule has 4 heteroatoms. The lowest BCUT2D eigenvalue weighted by atomic mass is 10.0. The van der Waals surface area contributed by atoms with Crippen molar-refractivity contribution in [2.75, 3.05) is 32.7 Å². The number of amides is 1. The van der Waals surface area contributed by atoms with Gasteiger partial charge in [0.05, 0.1) is 6.42 Å². The number of hydrogen-bond donors (Lipinski definition) is 1. The molecule has 0 aliphatic carbocycles. The first-order valence-corrected chi connectivity index (χ1v) is 7.71. The Morgan fingerprint density at radius 2 is 1.71 bits per heavy atom. The van der Waals surface area contributed by atoms with Crippen molar-refractivity contribution in [3.05, 3.63) is 35.4 Å². The normalized spacial score (nSPS) is 17.0. The van der Waals surface area contributed by atoms with Crippen molar-refractivity contribution in [1.82, 2.24) is 9.80 Å². The molecule has 0 spiro atoms. The average Bonchev–Trinajstić information content (AvgIpc) is 2.49. The summed E-state index contributed by atoms with van der Waals surface area (Å²) in [4.78, 5) is 16.7. The minimum atomic E-state index is 0.0199. The van der Waals surface area contributed by atoms with Gasteiger partial charge >= 0.3 is 0 Å². The summed E-state index contributed by atoms with van der Waals surface area (Å²) in [5, 5.41) is 0. The van der Waals surface area contributed by atoms with Gasteiger partial charge in [-0.25, -0.2) is 0 Å². The van der Waals surface area contributed by atoms with E-state index in [4.69, 9.17) is 5.73 Å². The maximum atomic E-state index is 12.4. The van der Waals surface area contributed by atoms with E-state index >= 15 is 0 Å². The minimum absolute atomic E-state index is 0.0199. The van der Waals surface area contributed by atoms with E-state index in [0.29, 0.717) is 13.0 Å². The number of piperazine rings is 1. The highest BCUT2D eigenvalue weighted by Gasteiger charge is 2.29. The molecule has 1 amide bonds. The van der Waals surface area contributed by atoms with Crippen molar-refractivity contribution in [3.8, 4) is 0 Å². The third-order valence-corrected chi connectivity index (χ3v) is 4.46. The number of carbonyl (C=O) groups is 1. The van der Waals surface area contributed by atoms with Crippen molar-refractivity contribution in [1.29, 1.82) is 0 Å². The lowest BCUT2D eigenvalue weighted by Crippen LogP contribution is -2.58. The largest absolute Gasteiger partial charge is 0.340 e. The molecule has 1 aromatic rings. The summed E-state index contributed by atoms with van der Waals surface area (Å²) in [6, 6.07) is 8.21. The number of nitrogens with zero attached hydrogens (tertiary/aromatic N) is 2. The molecular formula is C17H27N3O. The van der Waals surface area contributed by atoms with Crippen molar-refractivity contribution in [2.24, 2.45) is 5.73 Å². The van der Waals surface area contributed by atoms with Crippen LogP contribution in [-0.2, 0) is 11.2 Å². The molecular weight excluding hydrogens is 262 g/mol. The number of carbonyl (C=O) groups excluding carboxylic acids is 1. The van der Waals surface area contributed by atoms with E-state index in [-0.39, 0.29) is 11.4 Å². The van der Waals surface area contributed by atoms with Gasteiger partial charge in [0.1, 0.15) is 0 Å². The molecule has 2 rings (SSSR count). The van der Waals surface area contributed by atoms with Crippen molar-refractivity contribution < 1.29 is 4.79 Å². The molecule has 1 aliphatic heterocycles. The molecule has 0 bridgehead atoms. The first-order valence-electron chi connectivity index (χ1n) is 7.71. The van der Waals surface area contributed by atoms with Gasteiger partial charge in [-0.3, -0.25) is 9.69 Å². The van der Waals surface area contributed by atoms with E-state index in [9.17, 15) is 4.79 Å². The van der Waals surface area contributed by atoms with E-state index in [1.165, 1.54) is 5.56 Å². The van der Waals surface area contributed by atoms with E-state index in [2.05, 4.69) is 37.8 Å². The van der Waals surface area contributed by atoms with Crippen LogP contribution in [0.15, 0.2) is 24.3 Å². The third-order valence-electron chi connectivity index (χ3n) is 4.46. The zero-order valence-electron chi connectivity index (χ0n) is 13.4. The average molecular weight is 289 g/mol. The highest BCUT2D eigenvalue weighted by Crippen LogP contribution is 2.16. The lowest BCUT2D eigenvalue weighted by molar-refractivity contribution is -0.133. The molecule has 0 atom stereocenters. The molecule has 2 N–H and O–H groups in total. The number of nitrogens with two attached hydrogens (primary N) is 1. The van der Waals surface area contributed by atoms with Gasteiger partial charge in [-0.15, -0.1) is 0 Å². The Labute approximate surface area is 127 Å². The monoisotopic (exact) mass is 289 g/mol. The predicted molar refractivity (Wildman–Crippen MR) is 86.2 cm³/mol. The first-order chi connectivity index (χ1) is 9.92. The third kappa shape index (κ3) is 4.05. The van der Waals surface area contributed by atoms with Crippen LogP contribution < -0.4 is 5.73 Å². The van der Waals surface area contributed by atoms with Gasteiger partial charge in [0.15, 0.2) is 0 Å². The van der Waals surface area contributed by atoms with Gasteiger partial charge < -0.3 is 10.6 Å². The molecule has 1 fully saturated rings. The molecule has 1 aromatic carbocycles. The van der Waals surface area contributed by atoms with Gasteiger partial charge in [-0.05, 0) is 26.3 Å². The zero-order chi connectivity index (χ0) is 15.5. The summed E-state index contributed by atoms with van der Waals surface area (Å²) >= 11 is 0. The van der Waals surface area contributed by atoms with Crippen LogP contribution in [0.3, 0.4) is 0 Å². The summed E-state index contributed by atoms with van der Waals surface area (Å²) in [7, 11) is 0. The fraction of sp³-hybridized carbons (Fsp3) is 0.588. The Balaban J connectivity index is 1.87. The Morgan fingerprint density at radius 1 is 1.14 bits per heavy atom. The van der Waals surface area contributed by atoms with E-state index < -0.39 is 0 Å². The van der Waals surface area contributed by atoms with Crippen LogP contribution >= 0.6 is 0 Å². The van der Waals surface area contributed by atoms with Crippen molar-refractivity contribution in [3.63, 3.8) is 0 Å². The van der Waals surface area contributed by atoms with Gasteiger partial charge in [0.2, 0.25) is 5.91 Å². The molecule has 116 valence electrons. The van der Waals surface area contributed by atoms with Crippen LogP contribution in [0.25, 0.3) is 0 Å². The topological polar surface area (TPSA) is 49.6 Å². The second-order valence-corrected chi connectivity index (χ2v) is 6.55. The van der Waals surface area contributed by atoms with Crippen LogP contribution in [0.2, 0.25) is 0 Å². The Kier molecular flexibility index (Phi) is 5.01. The summed E-state index contributed by atoms with van der Waals surface area (Å²) in [5.41, 5.74) is 8.16. The first kappa shape index (κ1) is 16.0. The molecule has 0 aromatic heterocycles. The molecule has 1 aliphatic rings. The summed E-state index contributed by atoms with van der Waals surface area (Å²) in [6.07, 6.45) is 0.501. The predicted octanol–water partition coefficient (Wildman–Crippen LogP) is 1.42. The van der Waals surface area contributed by atoms with Crippen LogP contribution in [0.1, 0.15) is 25.0 Å². The van der Waals surface area contributed by atoms with Gasteiger partial charge in [-0.1, -0.05) is 29.8 Å². The fourth-order valence-electron chi connectivity index (χ4n) is 2.68. The molecule has 0 unspecified atom stereocenters. The summed E-state index contributed by atoms with van der Waals surface area (Å²) in [6.45, 7) is 10.4. The van der Waals surface area contributed by atoms with Crippen molar-refractivity contribution >= 4 is 5.91 Å². The van der Waals surface area contributed by atoms with Gasteiger partial charge in [0.25, 0.3) is 0 Å². The van der Waals surface area contributed by atoms with E-state index in [1.54, 1.807) is 0 Å². The van der Waals surface area contributed by atoms with Gasteiger partial charge in [0, 0.05) is 38.3 Å². The molecule has 21 heavy (non-hydrogen) atoms. The highest BCUT2D eigenvalue weighted by molar-refractivity contribution is 5.78. The quantitative estimate of drug-likeness (QED) is 0.912. The fourth-order valence-corrected chi connectivity index (χ4v) is 2.68. The second kappa shape index (κ2) is 6.58. The maximum Gasteiger partial charge on any atom is 0.227 e. The van der Waals surface area contributed by atoms with Crippen LogP contribution in [-0.4, -0.2) is 54.0 Å². The zero-order valence-corrected chi connectivity index (χ0v) is 13.4. The number of hydrogen-bond acceptors (Lipinski definition) is 3. The van der Waals surface area contributed by atoms with Crippen LogP contribution in [0, 0.1) is 6.92 Å². The molecule has 1 saturated heterocycles. The maximum absolute atomic E-state index is 12.4. The smallest absolute Gasteiger partial charge is 0.227 e. The number of rotatable bonds is 4. The standard InChI is InChI=1S/C17H27N3O/c1-14-4-6-15(7-5-14)12-16(21)19-8-10-20(11-9-19)17(2,3)13-18/h4-7H,8-13,18H2,1-3H3. The molecule has 0 radical (unpaired) electrons. The Hall–Kier alpha value is -1.39. The van der Waals surface area contributed by atoms with Crippen molar-refractivity contribution in [2.45, 2.75) is 32.7 Å². The SMILES string of the molecule is Cc1ccc(CC(=O)N2CCN(C(C)(C)CN)CC2)cc1. The van der Waals surface area contributed by atoms with Crippen LogP contribution in [0.4, 0.5) is 0 Å². The Morgan fingerprint density at radius 3 is 2.24 bits per heavy atom. The highest BCUT2D eigenvalue weighted by atomic mass is 16.2. The number of aryl methyl sites for hydroxylation is 1. The lowest BCUT2D eigenvalue weighted by Gasteiger charge is -2.43. The Bertz CT molecular complexity index is 473. The van der Waals surface area contributed by atoms with E-state index in [0.717, 1.165) is 31.7 Å². The van der Waals surface area contributed by atoms with E-state index in [1.807, 2.05) is 17.0 Å². The summed E-state index contributed by atoms with van der Waals surface area (Å²) in [5.74, 6) is 0.226.